The van der Waals surface area contributed by atoms with E-state index in [9.17, 15) is 29.1 Å². The molecule has 196 valence electrons. The lowest BCUT2D eigenvalue weighted by Gasteiger charge is -2.26. The predicted molar refractivity (Wildman–Crippen MR) is 129 cm³/mol. The first-order chi connectivity index (χ1) is 15.9. The van der Waals surface area contributed by atoms with E-state index in [0.717, 1.165) is 0 Å². The van der Waals surface area contributed by atoms with Crippen molar-refractivity contribution in [1.82, 2.24) is 16.0 Å². The van der Waals surface area contributed by atoms with E-state index in [-0.39, 0.29) is 25.2 Å². The number of rotatable bonds is 18. The van der Waals surface area contributed by atoms with Gasteiger partial charge in [-0.2, -0.15) is 11.8 Å². The highest BCUT2D eigenvalue weighted by Gasteiger charge is 2.30. The molecule has 9 N–H and O–H groups in total. The van der Waals surface area contributed by atoms with Crippen LogP contribution in [0.2, 0.25) is 0 Å². The first-order valence-corrected chi connectivity index (χ1v) is 12.6. The van der Waals surface area contributed by atoms with Gasteiger partial charge in [-0.25, -0.2) is 4.79 Å². The third kappa shape index (κ3) is 13.4. The molecule has 0 radical (unpaired) electrons. The first kappa shape index (κ1) is 31.6. The summed E-state index contributed by atoms with van der Waals surface area (Å²) >= 11 is 1.45. The summed E-state index contributed by atoms with van der Waals surface area (Å²) in [7, 11) is 0. The van der Waals surface area contributed by atoms with Crippen LogP contribution in [0.5, 0.6) is 0 Å². The SMILES string of the molecule is CSCCC(NC(=O)C(CC(C)C)NC(=O)C(N)CC(=O)O)C(=O)NC(CCCCN)C(=O)O. The van der Waals surface area contributed by atoms with Crippen LogP contribution in [0.3, 0.4) is 0 Å². The number of carboxylic acids is 2. The number of carbonyl (C=O) groups is 5. The molecule has 0 saturated heterocycles. The zero-order valence-corrected chi connectivity index (χ0v) is 20.9. The Morgan fingerprint density at radius 1 is 0.853 bits per heavy atom. The number of aliphatic carboxylic acids is 2. The van der Waals surface area contributed by atoms with E-state index in [1.807, 2.05) is 20.1 Å². The second kappa shape index (κ2) is 17.1. The van der Waals surface area contributed by atoms with Crippen molar-refractivity contribution in [2.75, 3.05) is 18.6 Å². The van der Waals surface area contributed by atoms with Gasteiger partial charge in [0.2, 0.25) is 17.7 Å². The maximum Gasteiger partial charge on any atom is 0.326 e. The molecule has 0 aliphatic heterocycles. The van der Waals surface area contributed by atoms with Gasteiger partial charge in [-0.15, -0.1) is 0 Å². The fourth-order valence-electron chi connectivity index (χ4n) is 3.06. The molecule has 3 amide bonds. The largest absolute Gasteiger partial charge is 0.481 e. The molecule has 4 atom stereocenters. The maximum atomic E-state index is 13.0. The Balaban J connectivity index is 5.42. The van der Waals surface area contributed by atoms with Crippen molar-refractivity contribution in [2.45, 2.75) is 76.5 Å². The van der Waals surface area contributed by atoms with Gasteiger partial charge in [0.05, 0.1) is 12.5 Å². The van der Waals surface area contributed by atoms with Crippen LogP contribution in [0.25, 0.3) is 0 Å². The van der Waals surface area contributed by atoms with E-state index in [1.165, 1.54) is 11.8 Å². The zero-order valence-electron chi connectivity index (χ0n) is 20.0. The van der Waals surface area contributed by atoms with E-state index in [2.05, 4.69) is 16.0 Å². The van der Waals surface area contributed by atoms with Crippen LogP contribution in [0.15, 0.2) is 0 Å². The molecule has 34 heavy (non-hydrogen) atoms. The minimum atomic E-state index is -1.33. The lowest BCUT2D eigenvalue weighted by Crippen LogP contribution is -2.57. The van der Waals surface area contributed by atoms with Crippen LogP contribution in [0.1, 0.15) is 52.4 Å². The van der Waals surface area contributed by atoms with Crippen LogP contribution < -0.4 is 27.4 Å². The summed E-state index contributed by atoms with van der Waals surface area (Å²) in [4.78, 5) is 60.4. The molecule has 0 aliphatic carbocycles. The average molecular weight is 506 g/mol. The normalized spacial score (nSPS) is 14.5. The molecule has 0 aromatic carbocycles. The van der Waals surface area contributed by atoms with E-state index >= 15 is 0 Å². The Morgan fingerprint density at radius 3 is 1.91 bits per heavy atom. The fourth-order valence-corrected chi connectivity index (χ4v) is 3.53. The van der Waals surface area contributed by atoms with Gasteiger partial charge in [-0.3, -0.25) is 19.2 Å². The van der Waals surface area contributed by atoms with Gasteiger partial charge in [0, 0.05) is 0 Å². The second-order valence-corrected chi connectivity index (χ2v) is 9.41. The molecule has 12 nitrogen and oxygen atoms in total. The van der Waals surface area contributed by atoms with E-state index < -0.39 is 60.2 Å². The number of nitrogens with one attached hydrogen (secondary N) is 3. The van der Waals surface area contributed by atoms with Gasteiger partial charge in [0.25, 0.3) is 0 Å². The minimum Gasteiger partial charge on any atom is -0.481 e. The number of hydrogen-bond acceptors (Lipinski definition) is 8. The Morgan fingerprint density at radius 2 is 1.41 bits per heavy atom. The molecular weight excluding hydrogens is 466 g/mol. The van der Waals surface area contributed by atoms with Crippen molar-refractivity contribution in [2.24, 2.45) is 17.4 Å². The standard InChI is InChI=1S/C21H39N5O7S/c1-12(2)10-16(26-18(29)13(23)11-17(27)28)20(31)24-14(7-9-34-3)19(30)25-15(21(32)33)6-4-5-8-22/h12-16H,4-11,22-23H2,1-3H3,(H,24,31)(H,25,30)(H,26,29)(H,27,28)(H,32,33). The summed E-state index contributed by atoms with van der Waals surface area (Å²) < 4.78 is 0. The molecule has 4 unspecified atom stereocenters. The monoisotopic (exact) mass is 505 g/mol. The summed E-state index contributed by atoms with van der Waals surface area (Å²) in [6, 6.07) is -4.51. The van der Waals surface area contributed by atoms with Gasteiger partial charge in [0.1, 0.15) is 18.1 Å². The van der Waals surface area contributed by atoms with Crippen LogP contribution in [0, 0.1) is 5.92 Å². The molecule has 0 aromatic heterocycles. The number of hydrogen-bond donors (Lipinski definition) is 7. The third-order valence-electron chi connectivity index (χ3n) is 4.88. The summed E-state index contributed by atoms with van der Waals surface area (Å²) in [5.74, 6) is -3.99. The van der Waals surface area contributed by atoms with Crippen LogP contribution in [-0.4, -0.2) is 82.6 Å². The fraction of sp³-hybridized carbons (Fsp3) is 0.762. The number of unbranched alkanes of at least 4 members (excludes halogenated alkanes) is 1. The summed E-state index contributed by atoms with van der Waals surface area (Å²) in [6.07, 6.45) is 3.05. The number of carboxylic acid groups (broad SMARTS) is 2. The Kier molecular flexibility index (Phi) is 15.9. The molecule has 0 bridgehead atoms. The van der Waals surface area contributed by atoms with Crippen LogP contribution >= 0.6 is 11.8 Å². The summed E-state index contributed by atoms with van der Waals surface area (Å²) in [5.41, 5.74) is 11.0. The third-order valence-corrected chi connectivity index (χ3v) is 5.52. The minimum absolute atomic E-state index is 0.0100. The number of carbonyl (C=O) groups excluding carboxylic acids is 3. The summed E-state index contributed by atoms with van der Waals surface area (Å²) in [6.45, 7) is 4.08. The molecular formula is C21H39N5O7S. The second-order valence-electron chi connectivity index (χ2n) is 8.42. The molecule has 0 rings (SSSR count). The topological polar surface area (TPSA) is 214 Å². The predicted octanol–water partition coefficient (Wildman–Crippen LogP) is -0.744. The zero-order chi connectivity index (χ0) is 26.3. The molecule has 0 saturated carbocycles. The maximum absolute atomic E-state index is 13.0. The first-order valence-electron chi connectivity index (χ1n) is 11.2. The van der Waals surface area contributed by atoms with Gasteiger partial charge in [-0.1, -0.05) is 13.8 Å². The number of thioether (sulfide) groups is 1. The Hall–Kier alpha value is -2.38. The van der Waals surface area contributed by atoms with Gasteiger partial charge < -0.3 is 37.6 Å². The molecule has 0 aliphatic rings. The van der Waals surface area contributed by atoms with Crippen LogP contribution in [0.4, 0.5) is 0 Å². The van der Waals surface area contributed by atoms with Gasteiger partial charge in [0.15, 0.2) is 0 Å². The average Bonchev–Trinajstić information content (AvgIpc) is 2.74. The van der Waals surface area contributed by atoms with Crippen LogP contribution in [-0.2, 0) is 24.0 Å². The number of amides is 3. The smallest absolute Gasteiger partial charge is 0.326 e. The highest BCUT2D eigenvalue weighted by molar-refractivity contribution is 7.98. The van der Waals surface area contributed by atoms with Crippen molar-refractivity contribution in [3.8, 4) is 0 Å². The van der Waals surface area contributed by atoms with Crippen molar-refractivity contribution >= 4 is 41.4 Å². The number of nitrogens with two attached hydrogens (primary N) is 2. The van der Waals surface area contributed by atoms with Crippen molar-refractivity contribution < 1.29 is 34.2 Å². The molecule has 0 aromatic rings. The van der Waals surface area contributed by atoms with Crippen molar-refractivity contribution in [1.29, 1.82) is 0 Å². The summed E-state index contributed by atoms with van der Waals surface area (Å²) in [5, 5.41) is 25.8. The highest BCUT2D eigenvalue weighted by atomic mass is 32.2. The van der Waals surface area contributed by atoms with Gasteiger partial charge >= 0.3 is 11.9 Å². The highest BCUT2D eigenvalue weighted by Crippen LogP contribution is 2.09. The van der Waals surface area contributed by atoms with E-state index in [1.54, 1.807) is 0 Å². The van der Waals surface area contributed by atoms with Crippen molar-refractivity contribution in [3.63, 3.8) is 0 Å². The van der Waals surface area contributed by atoms with E-state index in [4.69, 9.17) is 16.6 Å². The molecule has 0 spiro atoms. The van der Waals surface area contributed by atoms with Gasteiger partial charge in [-0.05, 0) is 56.6 Å². The molecule has 0 fully saturated rings. The van der Waals surface area contributed by atoms with Crippen molar-refractivity contribution in [3.05, 3.63) is 0 Å². The lowest BCUT2D eigenvalue weighted by molar-refractivity contribution is -0.142. The van der Waals surface area contributed by atoms with E-state index in [0.29, 0.717) is 25.1 Å². The Bertz CT molecular complexity index is 692. The molecule has 13 heteroatoms. The molecule has 0 heterocycles. The lowest BCUT2D eigenvalue weighted by atomic mass is 10.0. The Labute approximate surface area is 204 Å². The quantitative estimate of drug-likeness (QED) is 0.116.